The summed E-state index contributed by atoms with van der Waals surface area (Å²) in [7, 11) is 0. The molecule has 1 aromatic carbocycles. The highest BCUT2D eigenvalue weighted by Crippen LogP contribution is 2.33. The maximum Gasteiger partial charge on any atom is 0.265 e. The predicted molar refractivity (Wildman–Crippen MR) is 81.4 cm³/mol. The van der Waals surface area contributed by atoms with Gasteiger partial charge in [0.1, 0.15) is 12.4 Å². The van der Waals surface area contributed by atoms with Crippen LogP contribution in [0.1, 0.15) is 10.4 Å². The molecule has 4 nitrogen and oxygen atoms in total. The van der Waals surface area contributed by atoms with E-state index in [2.05, 4.69) is 11.8 Å². The molecule has 0 spiro atoms. The fraction of sp³-hybridized carbons (Fsp3) is 0.188. The van der Waals surface area contributed by atoms with E-state index in [4.69, 9.17) is 9.84 Å². The zero-order chi connectivity index (χ0) is 14.7. The van der Waals surface area contributed by atoms with Crippen LogP contribution >= 0.6 is 11.3 Å². The number of anilines is 1. The number of nitrogens with zero attached hydrogens (tertiary/aromatic N) is 1. The maximum absolute atomic E-state index is 12.1. The lowest BCUT2D eigenvalue weighted by atomic mass is 10.2. The van der Waals surface area contributed by atoms with E-state index in [1.165, 1.54) is 0 Å². The zero-order valence-electron chi connectivity index (χ0n) is 11.2. The van der Waals surface area contributed by atoms with Crippen LogP contribution < -0.4 is 9.64 Å². The molecule has 0 saturated carbocycles. The summed E-state index contributed by atoms with van der Waals surface area (Å²) in [6.45, 7) is 0.348. The zero-order valence-corrected chi connectivity index (χ0v) is 12.0. The van der Waals surface area contributed by atoms with Gasteiger partial charge in [-0.1, -0.05) is 24.0 Å². The Hall–Kier alpha value is -2.29. The van der Waals surface area contributed by atoms with E-state index >= 15 is 0 Å². The Balaban J connectivity index is 1.91. The lowest BCUT2D eigenvalue weighted by Crippen LogP contribution is -2.38. The minimum absolute atomic E-state index is 0.0556. The minimum Gasteiger partial charge on any atom is -0.482 e. The molecule has 1 aliphatic rings. The molecule has 1 aliphatic heterocycles. The fourth-order valence-electron chi connectivity index (χ4n) is 2.18. The van der Waals surface area contributed by atoms with Crippen molar-refractivity contribution in [2.45, 2.75) is 6.54 Å². The molecular formula is C16H13NO3S. The summed E-state index contributed by atoms with van der Waals surface area (Å²) in [4.78, 5) is 14.9. The molecule has 0 unspecified atom stereocenters. The van der Waals surface area contributed by atoms with Gasteiger partial charge in [0.25, 0.3) is 5.91 Å². The first kappa shape index (κ1) is 13.7. The molecule has 0 fully saturated rings. The molecule has 1 aromatic heterocycles. The average molecular weight is 299 g/mol. The molecular weight excluding hydrogens is 286 g/mol. The number of benzene rings is 1. The molecule has 0 aliphatic carbocycles. The van der Waals surface area contributed by atoms with E-state index in [-0.39, 0.29) is 19.1 Å². The largest absolute Gasteiger partial charge is 0.482 e. The number of thiophene rings is 1. The summed E-state index contributed by atoms with van der Waals surface area (Å²) in [5.41, 5.74) is 1.63. The van der Waals surface area contributed by atoms with Gasteiger partial charge >= 0.3 is 0 Å². The number of hydrogen-bond acceptors (Lipinski definition) is 4. The Morgan fingerprint density at radius 2 is 2.19 bits per heavy atom. The smallest absolute Gasteiger partial charge is 0.265 e. The van der Waals surface area contributed by atoms with Crippen molar-refractivity contribution in [1.29, 1.82) is 0 Å². The van der Waals surface area contributed by atoms with Gasteiger partial charge < -0.3 is 14.7 Å². The molecule has 2 aromatic rings. The van der Waals surface area contributed by atoms with Crippen LogP contribution in [0.3, 0.4) is 0 Å². The number of amides is 1. The van der Waals surface area contributed by atoms with Crippen LogP contribution in [0.4, 0.5) is 5.69 Å². The molecule has 0 radical (unpaired) electrons. The maximum atomic E-state index is 12.1. The van der Waals surface area contributed by atoms with Gasteiger partial charge in [-0.2, -0.15) is 0 Å². The molecule has 2 heterocycles. The third-order valence-electron chi connectivity index (χ3n) is 3.16. The number of carbonyl (C=O) groups is 1. The summed E-state index contributed by atoms with van der Waals surface area (Å²) in [6, 6.07) is 9.40. The number of rotatable bonds is 2. The number of fused-ring (bicyclic) bond motifs is 1. The molecule has 0 saturated heterocycles. The Labute approximate surface area is 126 Å². The SMILES string of the molecule is O=C1COc2ccccc2N1Cc1sccc1C#CCO. The van der Waals surface area contributed by atoms with Crippen LogP contribution in [0.2, 0.25) is 0 Å². The number of para-hydroxylation sites is 2. The summed E-state index contributed by atoms with van der Waals surface area (Å²) in [6.07, 6.45) is 0. The van der Waals surface area contributed by atoms with Gasteiger partial charge in [-0.15, -0.1) is 11.3 Å². The van der Waals surface area contributed by atoms with Crippen molar-refractivity contribution >= 4 is 22.9 Å². The van der Waals surface area contributed by atoms with Crippen LogP contribution in [-0.4, -0.2) is 24.2 Å². The molecule has 3 rings (SSSR count). The molecule has 0 atom stereocenters. The highest BCUT2D eigenvalue weighted by atomic mass is 32.1. The molecule has 1 N–H and O–H groups in total. The normalized spacial score (nSPS) is 13.2. The lowest BCUT2D eigenvalue weighted by Gasteiger charge is -2.29. The van der Waals surface area contributed by atoms with E-state index in [0.29, 0.717) is 6.54 Å². The van der Waals surface area contributed by atoms with Crippen molar-refractivity contribution in [3.8, 4) is 17.6 Å². The minimum atomic E-state index is -0.172. The molecule has 5 heteroatoms. The number of ether oxygens (including phenoxy) is 1. The van der Waals surface area contributed by atoms with Gasteiger partial charge in [-0.25, -0.2) is 0 Å². The summed E-state index contributed by atoms with van der Waals surface area (Å²) in [5.74, 6) is 6.21. The molecule has 21 heavy (non-hydrogen) atoms. The van der Waals surface area contributed by atoms with E-state index in [1.807, 2.05) is 35.7 Å². The van der Waals surface area contributed by atoms with Gasteiger partial charge in [-0.3, -0.25) is 4.79 Å². The molecule has 1 amide bonds. The van der Waals surface area contributed by atoms with Crippen LogP contribution in [0, 0.1) is 11.8 Å². The van der Waals surface area contributed by atoms with E-state index in [1.54, 1.807) is 16.2 Å². The summed E-state index contributed by atoms with van der Waals surface area (Å²) in [5, 5.41) is 10.7. The van der Waals surface area contributed by atoms with Crippen molar-refractivity contribution in [2.24, 2.45) is 0 Å². The Morgan fingerprint density at radius 1 is 1.33 bits per heavy atom. The van der Waals surface area contributed by atoms with E-state index in [0.717, 1.165) is 21.9 Å². The van der Waals surface area contributed by atoms with Crippen molar-refractivity contribution in [2.75, 3.05) is 18.1 Å². The first-order valence-corrected chi connectivity index (χ1v) is 7.36. The van der Waals surface area contributed by atoms with Gasteiger partial charge in [-0.05, 0) is 23.6 Å². The van der Waals surface area contributed by atoms with Crippen LogP contribution in [0.15, 0.2) is 35.7 Å². The van der Waals surface area contributed by atoms with Gasteiger partial charge in [0.05, 0.1) is 12.2 Å². The number of aliphatic hydroxyl groups excluding tert-OH is 1. The van der Waals surface area contributed by atoms with Crippen LogP contribution in [0.5, 0.6) is 5.75 Å². The Kier molecular flexibility index (Phi) is 3.91. The third-order valence-corrected chi connectivity index (χ3v) is 4.06. The van der Waals surface area contributed by atoms with Crippen molar-refractivity contribution in [3.05, 3.63) is 46.2 Å². The van der Waals surface area contributed by atoms with Crippen LogP contribution in [0.25, 0.3) is 0 Å². The van der Waals surface area contributed by atoms with Gasteiger partial charge in [0.15, 0.2) is 6.61 Å². The van der Waals surface area contributed by atoms with Gasteiger partial charge in [0.2, 0.25) is 0 Å². The van der Waals surface area contributed by atoms with Crippen LogP contribution in [-0.2, 0) is 11.3 Å². The van der Waals surface area contributed by atoms with E-state index in [9.17, 15) is 4.79 Å². The quantitative estimate of drug-likeness (QED) is 0.863. The average Bonchev–Trinajstić information content (AvgIpc) is 2.95. The first-order valence-electron chi connectivity index (χ1n) is 6.48. The summed E-state index contributed by atoms with van der Waals surface area (Å²) < 4.78 is 5.43. The number of carbonyl (C=O) groups excluding carboxylic acids is 1. The highest BCUT2D eigenvalue weighted by molar-refractivity contribution is 7.10. The lowest BCUT2D eigenvalue weighted by molar-refractivity contribution is -0.121. The summed E-state index contributed by atoms with van der Waals surface area (Å²) >= 11 is 1.55. The standard InChI is InChI=1S/C16H13NO3S/c18-8-3-4-12-7-9-21-15(12)10-17-13-5-1-2-6-14(13)20-11-16(17)19/h1-2,5-7,9,18H,8,10-11H2. The third kappa shape index (κ3) is 2.77. The fourth-order valence-corrected chi connectivity index (χ4v) is 3.00. The van der Waals surface area contributed by atoms with Crippen molar-refractivity contribution < 1.29 is 14.6 Å². The topological polar surface area (TPSA) is 49.8 Å². The molecule has 0 bridgehead atoms. The second kappa shape index (κ2) is 6.00. The van der Waals surface area contributed by atoms with Crippen molar-refractivity contribution in [3.63, 3.8) is 0 Å². The second-order valence-electron chi connectivity index (χ2n) is 4.45. The monoisotopic (exact) mass is 299 g/mol. The Bertz CT molecular complexity index is 726. The Morgan fingerprint density at radius 3 is 3.05 bits per heavy atom. The highest BCUT2D eigenvalue weighted by Gasteiger charge is 2.26. The number of aliphatic hydroxyl groups is 1. The first-order chi connectivity index (χ1) is 10.3. The second-order valence-corrected chi connectivity index (χ2v) is 5.45. The predicted octanol–water partition coefficient (Wildman–Crippen LogP) is 2.02. The number of hydrogen-bond donors (Lipinski definition) is 1. The van der Waals surface area contributed by atoms with Crippen molar-refractivity contribution in [1.82, 2.24) is 0 Å². The molecule has 106 valence electrons. The van der Waals surface area contributed by atoms with Gasteiger partial charge in [0, 0.05) is 10.4 Å². The van der Waals surface area contributed by atoms with E-state index < -0.39 is 0 Å².